The fourth-order valence-electron chi connectivity index (χ4n) is 2.69. The van der Waals surface area contributed by atoms with Crippen LogP contribution in [0.4, 0.5) is 0 Å². The summed E-state index contributed by atoms with van der Waals surface area (Å²) in [5.41, 5.74) is 0.642. The monoisotopic (exact) mass is 336 g/mol. The number of nitrogens with zero attached hydrogens (tertiary/aromatic N) is 1. The summed E-state index contributed by atoms with van der Waals surface area (Å²) in [6.07, 6.45) is 1.25. The zero-order valence-electron chi connectivity index (χ0n) is 14.1. The molecule has 1 amide bonds. The number of hydrogen-bond acceptors (Lipinski definition) is 4. The second-order valence-electron chi connectivity index (χ2n) is 6.24. The maximum atomic E-state index is 12.6. The Hall–Kier alpha value is -3.00. The molecule has 0 saturated heterocycles. The molecule has 0 aromatic heterocycles. The summed E-state index contributed by atoms with van der Waals surface area (Å²) >= 11 is 0. The Kier molecular flexibility index (Phi) is 4.90. The maximum Gasteiger partial charge on any atom is 0.252 e. The Balaban J connectivity index is 1.68. The Morgan fingerprint density at radius 3 is 2.60 bits per heavy atom. The average molecular weight is 336 g/mol. The topological polar surface area (TPSA) is 71.4 Å². The molecule has 1 aliphatic heterocycles. The predicted molar refractivity (Wildman–Crippen MR) is 93.7 cm³/mol. The van der Waals surface area contributed by atoms with E-state index in [2.05, 4.69) is 11.4 Å². The van der Waals surface area contributed by atoms with Gasteiger partial charge in [-0.3, -0.25) is 4.79 Å². The van der Waals surface area contributed by atoms with Crippen LogP contribution in [-0.4, -0.2) is 24.7 Å². The Labute approximate surface area is 147 Å². The summed E-state index contributed by atoms with van der Waals surface area (Å²) in [5.74, 6) is 0.894. The van der Waals surface area contributed by atoms with Gasteiger partial charge in [-0.25, -0.2) is 0 Å². The first kappa shape index (κ1) is 16.8. The maximum absolute atomic E-state index is 12.6. The van der Waals surface area contributed by atoms with E-state index in [1.165, 1.54) is 0 Å². The van der Waals surface area contributed by atoms with Crippen LogP contribution >= 0.6 is 0 Å². The third-order valence-electron chi connectivity index (χ3n) is 4.20. The molecule has 2 aromatic carbocycles. The van der Waals surface area contributed by atoms with Gasteiger partial charge in [0.1, 0.15) is 18.8 Å². The first-order chi connectivity index (χ1) is 12.1. The number of aryl methyl sites for hydroxylation is 1. The molecule has 0 fully saturated rings. The lowest BCUT2D eigenvalue weighted by Crippen LogP contribution is -2.45. The zero-order valence-corrected chi connectivity index (χ0v) is 14.1. The van der Waals surface area contributed by atoms with E-state index in [1.54, 1.807) is 25.1 Å². The molecule has 0 aliphatic carbocycles. The Bertz CT molecular complexity index is 798. The largest absolute Gasteiger partial charge is 0.486 e. The van der Waals surface area contributed by atoms with Crippen LogP contribution in [0.25, 0.3) is 0 Å². The van der Waals surface area contributed by atoms with Gasteiger partial charge in [-0.2, -0.15) is 5.26 Å². The molecule has 0 radical (unpaired) electrons. The fourth-order valence-corrected chi connectivity index (χ4v) is 2.69. The molecule has 0 bridgehead atoms. The lowest BCUT2D eigenvalue weighted by atomic mass is 9.94. The van der Waals surface area contributed by atoms with Crippen LogP contribution < -0.4 is 14.8 Å². The molecule has 1 atom stereocenters. The summed E-state index contributed by atoms with van der Waals surface area (Å²) in [5, 5.41) is 12.4. The van der Waals surface area contributed by atoms with Crippen molar-refractivity contribution in [3.63, 3.8) is 0 Å². The number of benzene rings is 2. The van der Waals surface area contributed by atoms with Crippen molar-refractivity contribution >= 4 is 5.91 Å². The van der Waals surface area contributed by atoms with E-state index in [9.17, 15) is 10.1 Å². The number of carbonyl (C=O) groups excluding carboxylic acids is 1. The van der Waals surface area contributed by atoms with Gasteiger partial charge in [-0.15, -0.1) is 0 Å². The SMILES string of the molecule is CC(C#N)(CCc1ccccc1)NC(=O)c1ccc2c(c1)OCCO2. The van der Waals surface area contributed by atoms with Gasteiger partial charge in [0.05, 0.1) is 6.07 Å². The highest BCUT2D eigenvalue weighted by molar-refractivity contribution is 5.95. The number of carbonyl (C=O) groups is 1. The summed E-state index contributed by atoms with van der Waals surface area (Å²) in [6.45, 7) is 2.71. The molecular formula is C20H20N2O3. The smallest absolute Gasteiger partial charge is 0.252 e. The highest BCUT2D eigenvalue weighted by Gasteiger charge is 2.27. The summed E-state index contributed by atoms with van der Waals surface area (Å²) in [4.78, 5) is 12.6. The van der Waals surface area contributed by atoms with Gasteiger partial charge in [0.25, 0.3) is 5.91 Å². The normalized spacial score (nSPS) is 14.9. The van der Waals surface area contributed by atoms with Crippen molar-refractivity contribution in [1.29, 1.82) is 5.26 Å². The fraction of sp³-hybridized carbons (Fsp3) is 0.300. The van der Waals surface area contributed by atoms with Crippen molar-refractivity contribution in [2.45, 2.75) is 25.3 Å². The molecule has 0 spiro atoms. The van der Waals surface area contributed by atoms with Crippen LogP contribution in [0.15, 0.2) is 48.5 Å². The standard InChI is InChI=1S/C20H20N2O3/c1-20(14-21,10-9-15-5-3-2-4-6-15)22-19(23)16-7-8-17-18(13-16)25-12-11-24-17/h2-8,13H,9-12H2,1H3,(H,22,23). The van der Waals surface area contributed by atoms with Crippen LogP contribution in [0.2, 0.25) is 0 Å². The first-order valence-corrected chi connectivity index (χ1v) is 8.27. The van der Waals surface area contributed by atoms with Gasteiger partial charge in [-0.05, 0) is 43.5 Å². The van der Waals surface area contributed by atoms with Crippen LogP contribution in [-0.2, 0) is 6.42 Å². The zero-order chi connectivity index (χ0) is 17.7. The van der Waals surface area contributed by atoms with Crippen LogP contribution in [0.5, 0.6) is 11.5 Å². The lowest BCUT2D eigenvalue weighted by molar-refractivity contribution is 0.0920. The number of nitrogens with one attached hydrogen (secondary N) is 1. The molecular weight excluding hydrogens is 316 g/mol. The number of fused-ring (bicyclic) bond motifs is 1. The number of ether oxygens (including phenoxy) is 2. The summed E-state index contributed by atoms with van der Waals surface area (Å²) in [6, 6.07) is 17.2. The quantitative estimate of drug-likeness (QED) is 0.911. The Morgan fingerprint density at radius 2 is 1.88 bits per heavy atom. The molecule has 1 aliphatic rings. The molecule has 128 valence electrons. The highest BCUT2D eigenvalue weighted by atomic mass is 16.6. The van der Waals surface area contributed by atoms with Crippen molar-refractivity contribution in [1.82, 2.24) is 5.32 Å². The molecule has 0 saturated carbocycles. The minimum atomic E-state index is -0.944. The molecule has 1 heterocycles. The lowest BCUT2D eigenvalue weighted by Gasteiger charge is -2.24. The van der Waals surface area contributed by atoms with E-state index < -0.39 is 5.54 Å². The third-order valence-corrected chi connectivity index (χ3v) is 4.20. The number of nitriles is 1. The van der Waals surface area contributed by atoms with Crippen molar-refractivity contribution < 1.29 is 14.3 Å². The van der Waals surface area contributed by atoms with E-state index in [0.29, 0.717) is 43.1 Å². The van der Waals surface area contributed by atoms with Crippen molar-refractivity contribution in [3.8, 4) is 17.6 Å². The van der Waals surface area contributed by atoms with Crippen LogP contribution in [0, 0.1) is 11.3 Å². The van der Waals surface area contributed by atoms with Crippen molar-refractivity contribution in [2.24, 2.45) is 0 Å². The molecule has 1 N–H and O–H groups in total. The van der Waals surface area contributed by atoms with E-state index >= 15 is 0 Å². The molecule has 2 aromatic rings. The predicted octanol–water partition coefficient (Wildman–Crippen LogP) is 3.10. The van der Waals surface area contributed by atoms with Crippen LogP contribution in [0.1, 0.15) is 29.3 Å². The van der Waals surface area contributed by atoms with Gasteiger partial charge in [0, 0.05) is 5.56 Å². The molecule has 5 heteroatoms. The van der Waals surface area contributed by atoms with Crippen molar-refractivity contribution in [2.75, 3.05) is 13.2 Å². The third kappa shape index (κ3) is 4.10. The molecule has 25 heavy (non-hydrogen) atoms. The Morgan fingerprint density at radius 1 is 1.16 bits per heavy atom. The van der Waals surface area contributed by atoms with E-state index in [0.717, 1.165) is 5.56 Å². The van der Waals surface area contributed by atoms with E-state index in [-0.39, 0.29) is 5.91 Å². The van der Waals surface area contributed by atoms with Gasteiger partial charge in [0.2, 0.25) is 0 Å². The minimum Gasteiger partial charge on any atom is -0.486 e. The van der Waals surface area contributed by atoms with Gasteiger partial charge in [0.15, 0.2) is 11.5 Å². The molecule has 3 rings (SSSR count). The van der Waals surface area contributed by atoms with Gasteiger partial charge >= 0.3 is 0 Å². The highest BCUT2D eigenvalue weighted by Crippen LogP contribution is 2.30. The number of hydrogen-bond donors (Lipinski definition) is 1. The van der Waals surface area contributed by atoms with E-state index in [4.69, 9.17) is 9.47 Å². The second kappa shape index (κ2) is 7.27. The van der Waals surface area contributed by atoms with Gasteiger partial charge < -0.3 is 14.8 Å². The summed E-state index contributed by atoms with van der Waals surface area (Å²) in [7, 11) is 0. The summed E-state index contributed by atoms with van der Waals surface area (Å²) < 4.78 is 11.0. The van der Waals surface area contributed by atoms with E-state index in [1.807, 2.05) is 30.3 Å². The first-order valence-electron chi connectivity index (χ1n) is 8.27. The number of amides is 1. The van der Waals surface area contributed by atoms with Gasteiger partial charge in [-0.1, -0.05) is 30.3 Å². The minimum absolute atomic E-state index is 0.297. The molecule has 5 nitrogen and oxygen atoms in total. The number of rotatable bonds is 5. The average Bonchev–Trinajstić information content (AvgIpc) is 2.67. The molecule has 1 unspecified atom stereocenters. The van der Waals surface area contributed by atoms with Crippen molar-refractivity contribution in [3.05, 3.63) is 59.7 Å². The van der Waals surface area contributed by atoms with Crippen LogP contribution in [0.3, 0.4) is 0 Å². The second-order valence-corrected chi connectivity index (χ2v) is 6.24.